The zero-order chi connectivity index (χ0) is 14.4. The molecule has 3 N–H and O–H groups in total. The number of carbonyl (C=O) groups excluding carboxylic acids is 1. The van der Waals surface area contributed by atoms with Gasteiger partial charge in [-0.1, -0.05) is 6.92 Å². The Labute approximate surface area is 125 Å². The van der Waals surface area contributed by atoms with Crippen LogP contribution in [-0.4, -0.2) is 21.8 Å². The molecule has 1 aromatic rings. The third-order valence-electron chi connectivity index (χ3n) is 5.75. The normalized spacial score (nSPS) is 36.7. The molecule has 0 aromatic carbocycles. The lowest BCUT2D eigenvalue weighted by Gasteiger charge is -2.56. The summed E-state index contributed by atoms with van der Waals surface area (Å²) in [5.74, 6) is 3.26. The maximum atomic E-state index is 12.4. The van der Waals surface area contributed by atoms with E-state index in [1.54, 1.807) is 6.20 Å². The van der Waals surface area contributed by atoms with Gasteiger partial charge in [-0.2, -0.15) is 5.10 Å². The molecular formula is C16H24N4O. The molecule has 5 heteroatoms. The summed E-state index contributed by atoms with van der Waals surface area (Å²) in [6, 6.07) is -0.0732. The van der Waals surface area contributed by atoms with Crippen molar-refractivity contribution in [1.82, 2.24) is 15.5 Å². The highest BCUT2D eigenvalue weighted by Gasteiger charge is 2.51. The number of anilines is 1. The van der Waals surface area contributed by atoms with Crippen molar-refractivity contribution in [3.8, 4) is 0 Å². The van der Waals surface area contributed by atoms with Gasteiger partial charge in [0.1, 0.15) is 5.82 Å². The Morgan fingerprint density at radius 1 is 1.29 bits per heavy atom. The largest absolute Gasteiger partial charge is 0.332 e. The third kappa shape index (κ3) is 2.32. The SMILES string of the molecule is CCc1cn[nH]c1NC(=O)NC12CC3CC(CC(C3)C1)C2. The van der Waals surface area contributed by atoms with Crippen LogP contribution in [0.3, 0.4) is 0 Å². The molecular weight excluding hydrogens is 264 g/mol. The van der Waals surface area contributed by atoms with Crippen molar-refractivity contribution in [3.05, 3.63) is 11.8 Å². The van der Waals surface area contributed by atoms with E-state index in [1.165, 1.54) is 38.5 Å². The van der Waals surface area contributed by atoms with Gasteiger partial charge in [-0.3, -0.25) is 10.4 Å². The second-order valence-corrected chi connectivity index (χ2v) is 7.40. The van der Waals surface area contributed by atoms with Gasteiger partial charge in [0.05, 0.1) is 6.20 Å². The lowest BCUT2D eigenvalue weighted by Crippen LogP contribution is -2.60. The fraction of sp³-hybridized carbons (Fsp3) is 0.750. The molecule has 4 fully saturated rings. The number of H-pyrrole nitrogens is 1. The van der Waals surface area contributed by atoms with Crippen molar-refractivity contribution in [2.75, 3.05) is 5.32 Å². The van der Waals surface area contributed by atoms with Crippen LogP contribution in [0.5, 0.6) is 0 Å². The smallest absolute Gasteiger partial charge is 0.320 e. The third-order valence-corrected chi connectivity index (χ3v) is 5.75. The fourth-order valence-electron chi connectivity index (χ4n) is 5.34. The summed E-state index contributed by atoms with van der Waals surface area (Å²) >= 11 is 0. The molecule has 4 aliphatic rings. The Balaban J connectivity index is 1.45. The molecule has 0 saturated heterocycles. The first-order chi connectivity index (χ1) is 10.2. The van der Waals surface area contributed by atoms with E-state index in [9.17, 15) is 4.79 Å². The first kappa shape index (κ1) is 13.2. The van der Waals surface area contributed by atoms with Crippen LogP contribution in [0.15, 0.2) is 6.20 Å². The molecule has 2 amide bonds. The highest BCUT2D eigenvalue weighted by atomic mass is 16.2. The molecule has 4 aliphatic carbocycles. The van der Waals surface area contributed by atoms with Gasteiger partial charge in [0.2, 0.25) is 0 Å². The van der Waals surface area contributed by atoms with E-state index in [0.29, 0.717) is 0 Å². The van der Waals surface area contributed by atoms with Gasteiger partial charge >= 0.3 is 6.03 Å². The molecule has 0 unspecified atom stereocenters. The Bertz CT molecular complexity index is 515. The maximum absolute atomic E-state index is 12.4. The van der Waals surface area contributed by atoms with E-state index in [4.69, 9.17) is 0 Å². The van der Waals surface area contributed by atoms with Crippen LogP contribution in [0.1, 0.15) is 51.0 Å². The number of nitrogens with one attached hydrogen (secondary N) is 3. The maximum Gasteiger partial charge on any atom is 0.320 e. The van der Waals surface area contributed by atoms with Gasteiger partial charge in [0, 0.05) is 11.1 Å². The van der Waals surface area contributed by atoms with Crippen LogP contribution >= 0.6 is 0 Å². The van der Waals surface area contributed by atoms with Crippen molar-refractivity contribution in [3.63, 3.8) is 0 Å². The van der Waals surface area contributed by atoms with Gasteiger partial charge in [-0.05, 0) is 62.7 Å². The van der Waals surface area contributed by atoms with Crippen molar-refractivity contribution < 1.29 is 4.79 Å². The Hall–Kier alpha value is -1.52. The Kier molecular flexibility index (Phi) is 2.98. The Morgan fingerprint density at radius 3 is 2.48 bits per heavy atom. The fourth-order valence-corrected chi connectivity index (χ4v) is 5.34. The summed E-state index contributed by atoms with van der Waals surface area (Å²) in [5.41, 5.74) is 1.11. The number of carbonyl (C=O) groups is 1. The molecule has 0 spiro atoms. The topological polar surface area (TPSA) is 69.8 Å². The average Bonchev–Trinajstić information content (AvgIpc) is 2.83. The molecule has 4 bridgehead atoms. The predicted octanol–water partition coefficient (Wildman–Crippen LogP) is 3.06. The Morgan fingerprint density at radius 2 is 1.90 bits per heavy atom. The number of aromatic amines is 1. The molecule has 21 heavy (non-hydrogen) atoms. The van der Waals surface area contributed by atoms with Crippen LogP contribution < -0.4 is 10.6 Å². The zero-order valence-electron chi connectivity index (χ0n) is 12.6. The van der Waals surface area contributed by atoms with E-state index in [0.717, 1.165) is 35.6 Å². The monoisotopic (exact) mass is 288 g/mol. The first-order valence-electron chi connectivity index (χ1n) is 8.27. The second kappa shape index (κ2) is 4.75. The van der Waals surface area contributed by atoms with Crippen LogP contribution in [0.4, 0.5) is 10.6 Å². The molecule has 5 rings (SSSR count). The summed E-state index contributed by atoms with van der Waals surface area (Å²) in [4.78, 5) is 12.4. The number of urea groups is 1. The van der Waals surface area contributed by atoms with Crippen LogP contribution in [0.25, 0.3) is 0 Å². The molecule has 0 radical (unpaired) electrons. The van der Waals surface area contributed by atoms with Crippen LogP contribution in [0.2, 0.25) is 0 Å². The summed E-state index contributed by atoms with van der Waals surface area (Å²) in [5, 5.41) is 13.1. The molecule has 0 atom stereocenters. The van der Waals surface area contributed by atoms with Crippen LogP contribution in [-0.2, 0) is 6.42 Å². The number of hydrogen-bond donors (Lipinski definition) is 3. The lowest BCUT2D eigenvalue weighted by molar-refractivity contribution is -0.0127. The van der Waals surface area contributed by atoms with E-state index in [-0.39, 0.29) is 11.6 Å². The number of nitrogens with zero attached hydrogens (tertiary/aromatic N) is 1. The summed E-state index contributed by atoms with van der Waals surface area (Å²) in [7, 11) is 0. The molecule has 1 heterocycles. The minimum Gasteiger partial charge on any atom is -0.332 e. The van der Waals surface area contributed by atoms with E-state index in [1.807, 2.05) is 0 Å². The van der Waals surface area contributed by atoms with Gasteiger partial charge in [-0.15, -0.1) is 0 Å². The van der Waals surface area contributed by atoms with E-state index < -0.39 is 0 Å². The van der Waals surface area contributed by atoms with Gasteiger partial charge in [0.25, 0.3) is 0 Å². The highest BCUT2D eigenvalue weighted by Crippen LogP contribution is 2.55. The predicted molar refractivity (Wildman–Crippen MR) is 81.0 cm³/mol. The van der Waals surface area contributed by atoms with Crippen molar-refractivity contribution in [1.29, 1.82) is 0 Å². The molecule has 0 aliphatic heterocycles. The summed E-state index contributed by atoms with van der Waals surface area (Å²) in [6.45, 7) is 2.06. The second-order valence-electron chi connectivity index (χ2n) is 7.40. The molecule has 4 saturated carbocycles. The number of aromatic nitrogens is 2. The van der Waals surface area contributed by atoms with E-state index >= 15 is 0 Å². The standard InChI is InChI=1S/C16H24N4O/c1-2-13-9-17-20-14(13)18-15(21)19-16-6-10-3-11(7-16)5-12(4-10)8-16/h9-12H,2-8H2,1H3,(H3,17,18,19,20,21). The minimum absolute atomic E-state index is 0.0607. The number of amides is 2. The quantitative estimate of drug-likeness (QED) is 0.800. The van der Waals surface area contributed by atoms with Gasteiger partial charge < -0.3 is 5.32 Å². The highest BCUT2D eigenvalue weighted by molar-refractivity contribution is 5.89. The number of rotatable bonds is 3. The minimum atomic E-state index is -0.0732. The first-order valence-corrected chi connectivity index (χ1v) is 8.27. The molecule has 1 aromatic heterocycles. The van der Waals surface area contributed by atoms with Crippen molar-refractivity contribution in [2.45, 2.75) is 57.4 Å². The van der Waals surface area contributed by atoms with Crippen molar-refractivity contribution >= 4 is 11.8 Å². The van der Waals surface area contributed by atoms with Crippen LogP contribution in [0, 0.1) is 17.8 Å². The summed E-state index contributed by atoms with van der Waals surface area (Å²) < 4.78 is 0. The average molecular weight is 288 g/mol. The van der Waals surface area contributed by atoms with Gasteiger partial charge in [0.15, 0.2) is 0 Å². The molecule has 114 valence electrons. The van der Waals surface area contributed by atoms with Gasteiger partial charge in [-0.25, -0.2) is 4.79 Å². The van der Waals surface area contributed by atoms with Crippen molar-refractivity contribution in [2.24, 2.45) is 17.8 Å². The number of aryl methyl sites for hydroxylation is 1. The summed E-state index contributed by atoms with van der Waals surface area (Å²) in [6.07, 6.45) is 10.3. The van der Waals surface area contributed by atoms with E-state index in [2.05, 4.69) is 27.8 Å². The zero-order valence-corrected chi connectivity index (χ0v) is 12.6. The number of hydrogen-bond acceptors (Lipinski definition) is 2. The lowest BCUT2D eigenvalue weighted by atomic mass is 9.53. The molecule has 5 nitrogen and oxygen atoms in total.